The molecule has 4 nitrogen and oxygen atoms in total. The largest absolute Gasteiger partial charge is 0.491 e. The zero-order valence-electron chi connectivity index (χ0n) is 11.5. The highest BCUT2D eigenvalue weighted by atomic mass is 35.5. The Hall–Kier alpha value is -1.53. The zero-order valence-corrected chi connectivity index (χ0v) is 13.0. The number of hydrogen-bond donors (Lipinski definition) is 2. The molecule has 2 N–H and O–H groups in total. The molecule has 0 aromatic heterocycles. The van der Waals surface area contributed by atoms with E-state index in [0.717, 1.165) is 12.0 Å². The van der Waals surface area contributed by atoms with Gasteiger partial charge in [0.25, 0.3) is 5.91 Å². The molecule has 1 aliphatic rings. The Labute approximate surface area is 138 Å². The van der Waals surface area contributed by atoms with Crippen molar-refractivity contribution in [2.24, 2.45) is 0 Å². The number of anilines is 1. The van der Waals surface area contributed by atoms with Gasteiger partial charge in [0.05, 0.1) is 10.6 Å². The summed E-state index contributed by atoms with van der Waals surface area (Å²) in [6, 6.07) is 10.1. The summed E-state index contributed by atoms with van der Waals surface area (Å²) in [6.45, 7) is 0.486. The number of nitrogens with one attached hydrogen (secondary N) is 1. The lowest BCUT2D eigenvalue weighted by Crippen LogP contribution is -2.41. The lowest BCUT2D eigenvalue weighted by molar-refractivity contribution is 0.102. The number of hydrogen-bond acceptors (Lipinski definition) is 3. The number of halogens is 2. The van der Waals surface area contributed by atoms with Crippen molar-refractivity contribution in [3.8, 4) is 0 Å². The van der Waals surface area contributed by atoms with Gasteiger partial charge in [0.15, 0.2) is 0 Å². The standard InChI is InChI=1S/C15H12BCl2NO3/c17-10-2-4-12(14(18)7-10)15(20)19-11-3-1-9-5-6-22-16(21)13(9)8-11/h1-4,7-8,21H,5-6H2,(H,19,20). The molecular formula is C15H12BCl2NO3. The fourth-order valence-corrected chi connectivity index (χ4v) is 2.87. The number of carbonyl (C=O) groups excluding carboxylic acids is 1. The summed E-state index contributed by atoms with van der Waals surface area (Å²) in [5.41, 5.74) is 2.59. The zero-order chi connectivity index (χ0) is 15.7. The van der Waals surface area contributed by atoms with Crippen molar-refractivity contribution in [1.82, 2.24) is 0 Å². The van der Waals surface area contributed by atoms with Crippen molar-refractivity contribution < 1.29 is 14.5 Å². The second-order valence-corrected chi connectivity index (χ2v) is 5.81. The van der Waals surface area contributed by atoms with E-state index in [0.29, 0.717) is 28.3 Å². The third-order valence-electron chi connectivity index (χ3n) is 3.49. The SMILES string of the molecule is O=C(Nc1ccc2c(c1)B(O)OCC2)c1ccc(Cl)cc1Cl. The van der Waals surface area contributed by atoms with Crippen LogP contribution in [0.5, 0.6) is 0 Å². The molecule has 1 aliphatic heterocycles. The van der Waals surface area contributed by atoms with Gasteiger partial charge in [-0.15, -0.1) is 0 Å². The van der Waals surface area contributed by atoms with Gasteiger partial charge in [-0.05, 0) is 47.8 Å². The molecule has 1 amide bonds. The molecule has 0 aliphatic carbocycles. The third-order valence-corrected chi connectivity index (χ3v) is 4.04. The van der Waals surface area contributed by atoms with Gasteiger partial charge in [-0.3, -0.25) is 4.79 Å². The maximum atomic E-state index is 12.3. The molecule has 3 rings (SSSR count). The monoisotopic (exact) mass is 335 g/mol. The van der Waals surface area contributed by atoms with E-state index in [1.807, 2.05) is 6.07 Å². The van der Waals surface area contributed by atoms with Crippen LogP contribution in [0, 0.1) is 0 Å². The van der Waals surface area contributed by atoms with E-state index in [-0.39, 0.29) is 10.9 Å². The van der Waals surface area contributed by atoms with Gasteiger partial charge < -0.3 is 15.0 Å². The molecule has 22 heavy (non-hydrogen) atoms. The van der Waals surface area contributed by atoms with Crippen LogP contribution in [0.15, 0.2) is 36.4 Å². The van der Waals surface area contributed by atoms with Gasteiger partial charge in [-0.25, -0.2) is 0 Å². The Morgan fingerprint density at radius 1 is 1.23 bits per heavy atom. The van der Waals surface area contributed by atoms with Crippen molar-refractivity contribution in [2.75, 3.05) is 11.9 Å². The molecule has 2 aromatic rings. The number of carbonyl (C=O) groups is 1. The average molecular weight is 336 g/mol. The third kappa shape index (κ3) is 3.13. The van der Waals surface area contributed by atoms with E-state index in [1.54, 1.807) is 24.3 Å². The number of benzene rings is 2. The molecule has 0 radical (unpaired) electrons. The van der Waals surface area contributed by atoms with Crippen molar-refractivity contribution in [1.29, 1.82) is 0 Å². The van der Waals surface area contributed by atoms with Crippen LogP contribution in [0.25, 0.3) is 0 Å². The maximum Gasteiger partial charge on any atom is 0.491 e. The lowest BCUT2D eigenvalue weighted by atomic mass is 9.73. The first-order chi connectivity index (χ1) is 10.5. The first-order valence-corrected chi connectivity index (χ1v) is 7.49. The molecule has 0 saturated carbocycles. The van der Waals surface area contributed by atoms with E-state index in [2.05, 4.69) is 5.32 Å². The Balaban J connectivity index is 1.84. The molecule has 0 bridgehead atoms. The van der Waals surface area contributed by atoms with Crippen molar-refractivity contribution in [3.05, 3.63) is 57.6 Å². The van der Waals surface area contributed by atoms with Crippen molar-refractivity contribution >= 4 is 47.4 Å². The van der Waals surface area contributed by atoms with Gasteiger partial charge in [0.1, 0.15) is 0 Å². The Morgan fingerprint density at radius 2 is 2.05 bits per heavy atom. The van der Waals surface area contributed by atoms with Crippen LogP contribution in [-0.2, 0) is 11.1 Å². The summed E-state index contributed by atoms with van der Waals surface area (Å²) < 4.78 is 5.19. The highest BCUT2D eigenvalue weighted by Gasteiger charge is 2.25. The molecule has 2 aromatic carbocycles. The van der Waals surface area contributed by atoms with Crippen molar-refractivity contribution in [2.45, 2.75) is 6.42 Å². The van der Waals surface area contributed by atoms with Gasteiger partial charge in [0.2, 0.25) is 0 Å². The van der Waals surface area contributed by atoms with E-state index >= 15 is 0 Å². The van der Waals surface area contributed by atoms with Gasteiger partial charge in [-0.1, -0.05) is 29.3 Å². The minimum Gasteiger partial charge on any atom is -0.423 e. The molecule has 1 heterocycles. The van der Waals surface area contributed by atoms with Crippen LogP contribution in [0.1, 0.15) is 15.9 Å². The normalized spacial score (nSPS) is 13.7. The molecule has 112 valence electrons. The topological polar surface area (TPSA) is 58.6 Å². The summed E-state index contributed by atoms with van der Waals surface area (Å²) in [5.74, 6) is -0.340. The lowest BCUT2D eigenvalue weighted by Gasteiger charge is -2.19. The first-order valence-electron chi connectivity index (χ1n) is 6.73. The van der Waals surface area contributed by atoms with Crippen LogP contribution in [-0.4, -0.2) is 24.7 Å². The predicted octanol–water partition coefficient (Wildman–Crippen LogP) is 2.51. The molecule has 0 atom stereocenters. The number of rotatable bonds is 2. The fourth-order valence-electron chi connectivity index (χ4n) is 2.37. The molecular weight excluding hydrogens is 324 g/mol. The molecule has 0 unspecified atom stereocenters. The predicted molar refractivity (Wildman–Crippen MR) is 88.1 cm³/mol. The quantitative estimate of drug-likeness (QED) is 0.829. The molecule has 7 heteroatoms. The van der Waals surface area contributed by atoms with Gasteiger partial charge in [0, 0.05) is 17.3 Å². The number of amides is 1. The summed E-state index contributed by atoms with van der Waals surface area (Å²) in [6.07, 6.45) is 0.740. The minimum atomic E-state index is -0.959. The molecule has 0 spiro atoms. The summed E-state index contributed by atoms with van der Waals surface area (Å²) >= 11 is 11.8. The highest BCUT2D eigenvalue weighted by molar-refractivity contribution is 6.61. The molecule has 0 saturated heterocycles. The van der Waals surface area contributed by atoms with Crippen LogP contribution in [0.4, 0.5) is 5.69 Å². The Kier molecular flexibility index (Phi) is 4.40. The Morgan fingerprint density at radius 3 is 2.82 bits per heavy atom. The second kappa shape index (κ2) is 6.30. The average Bonchev–Trinajstić information content (AvgIpc) is 2.48. The van der Waals surface area contributed by atoms with Crippen molar-refractivity contribution in [3.63, 3.8) is 0 Å². The van der Waals surface area contributed by atoms with Gasteiger partial charge >= 0.3 is 7.12 Å². The molecule has 0 fully saturated rings. The highest BCUT2D eigenvalue weighted by Crippen LogP contribution is 2.22. The summed E-state index contributed by atoms with van der Waals surface area (Å²) in [4.78, 5) is 12.3. The first kappa shape index (κ1) is 15.4. The van der Waals surface area contributed by atoms with Crippen LogP contribution in [0.3, 0.4) is 0 Å². The Bertz CT molecular complexity index is 739. The minimum absolute atomic E-state index is 0.284. The van der Waals surface area contributed by atoms with E-state index in [9.17, 15) is 9.82 Å². The van der Waals surface area contributed by atoms with Gasteiger partial charge in [-0.2, -0.15) is 0 Å². The van der Waals surface area contributed by atoms with E-state index in [4.69, 9.17) is 27.9 Å². The smallest absolute Gasteiger partial charge is 0.423 e. The second-order valence-electron chi connectivity index (χ2n) is 4.97. The maximum absolute atomic E-state index is 12.3. The summed E-state index contributed by atoms with van der Waals surface area (Å²) in [7, 11) is -0.959. The van der Waals surface area contributed by atoms with Crippen LogP contribution in [0.2, 0.25) is 10.0 Å². The van der Waals surface area contributed by atoms with E-state index in [1.165, 1.54) is 6.07 Å². The number of fused-ring (bicyclic) bond motifs is 1. The summed E-state index contributed by atoms with van der Waals surface area (Å²) in [5, 5.41) is 13.3. The fraction of sp³-hybridized carbons (Fsp3) is 0.133. The van der Waals surface area contributed by atoms with Crippen LogP contribution >= 0.6 is 23.2 Å². The van der Waals surface area contributed by atoms with E-state index < -0.39 is 7.12 Å². The van der Waals surface area contributed by atoms with Crippen LogP contribution < -0.4 is 10.8 Å².